The van der Waals surface area contributed by atoms with Gasteiger partial charge in [-0.3, -0.25) is 0 Å². The molecule has 22 heavy (non-hydrogen) atoms. The average Bonchev–Trinajstić information content (AvgIpc) is 2.34. The van der Waals surface area contributed by atoms with Gasteiger partial charge in [-0.15, -0.1) is 0 Å². The van der Waals surface area contributed by atoms with Crippen LogP contribution in [0.1, 0.15) is 51.8 Å². The lowest BCUT2D eigenvalue weighted by Gasteiger charge is -2.22. The van der Waals surface area contributed by atoms with Crippen molar-refractivity contribution in [1.29, 1.82) is 0 Å². The van der Waals surface area contributed by atoms with Crippen molar-refractivity contribution >= 4 is 12.1 Å². The van der Waals surface area contributed by atoms with E-state index in [0.717, 1.165) is 12.0 Å². The third-order valence-corrected chi connectivity index (χ3v) is 2.87. The van der Waals surface area contributed by atoms with E-state index >= 15 is 0 Å². The predicted octanol–water partition coefficient (Wildman–Crippen LogP) is 3.54. The highest BCUT2D eigenvalue weighted by Crippen LogP contribution is 2.17. The maximum Gasteiger partial charge on any atom is 0.408 e. The molecule has 1 aromatic carbocycles. The lowest BCUT2D eigenvalue weighted by Crippen LogP contribution is -2.38. The molecule has 5 heteroatoms. The van der Waals surface area contributed by atoms with Crippen molar-refractivity contribution in [3.05, 3.63) is 35.4 Å². The van der Waals surface area contributed by atoms with Crippen LogP contribution in [0, 0.1) is 5.92 Å². The van der Waals surface area contributed by atoms with E-state index in [0.29, 0.717) is 11.5 Å². The SMILES string of the molecule is CC(C)Cc1ccc(C(NC(=O)OC(C)(C)C)C(=O)O)cc1. The van der Waals surface area contributed by atoms with Crippen LogP contribution in [-0.4, -0.2) is 22.8 Å². The normalized spacial score (nSPS) is 12.8. The molecule has 0 bridgehead atoms. The summed E-state index contributed by atoms with van der Waals surface area (Å²) in [4.78, 5) is 23.2. The zero-order chi connectivity index (χ0) is 16.9. The topological polar surface area (TPSA) is 75.6 Å². The van der Waals surface area contributed by atoms with Gasteiger partial charge in [0.05, 0.1) is 0 Å². The number of nitrogens with one attached hydrogen (secondary N) is 1. The Morgan fingerprint density at radius 2 is 1.73 bits per heavy atom. The highest BCUT2D eigenvalue weighted by molar-refractivity contribution is 5.81. The van der Waals surface area contributed by atoms with E-state index in [1.807, 2.05) is 12.1 Å². The minimum absolute atomic E-state index is 0.519. The van der Waals surface area contributed by atoms with E-state index in [1.54, 1.807) is 32.9 Å². The molecule has 0 radical (unpaired) electrons. The van der Waals surface area contributed by atoms with Crippen molar-refractivity contribution in [2.75, 3.05) is 0 Å². The van der Waals surface area contributed by atoms with Crippen LogP contribution in [0.25, 0.3) is 0 Å². The number of hydrogen-bond acceptors (Lipinski definition) is 3. The molecule has 5 nitrogen and oxygen atoms in total. The van der Waals surface area contributed by atoms with Crippen molar-refractivity contribution in [2.24, 2.45) is 5.92 Å². The largest absolute Gasteiger partial charge is 0.479 e. The molecule has 0 aliphatic carbocycles. The van der Waals surface area contributed by atoms with Gasteiger partial charge in [-0.2, -0.15) is 0 Å². The second-order valence-corrected chi connectivity index (χ2v) is 6.76. The predicted molar refractivity (Wildman–Crippen MR) is 84.7 cm³/mol. The van der Waals surface area contributed by atoms with Crippen molar-refractivity contribution in [1.82, 2.24) is 5.32 Å². The summed E-state index contributed by atoms with van der Waals surface area (Å²) in [6.45, 7) is 9.42. The van der Waals surface area contributed by atoms with Crippen molar-refractivity contribution in [3.8, 4) is 0 Å². The summed E-state index contributed by atoms with van der Waals surface area (Å²) in [5.74, 6) is -0.594. The molecule has 0 aliphatic heterocycles. The van der Waals surface area contributed by atoms with Crippen LogP contribution < -0.4 is 5.32 Å². The van der Waals surface area contributed by atoms with Crippen molar-refractivity contribution in [2.45, 2.75) is 52.7 Å². The van der Waals surface area contributed by atoms with Crippen LogP contribution >= 0.6 is 0 Å². The minimum atomic E-state index is -1.12. The third kappa shape index (κ3) is 6.16. The second-order valence-electron chi connectivity index (χ2n) is 6.76. The van der Waals surface area contributed by atoms with Gasteiger partial charge in [0.1, 0.15) is 5.60 Å². The van der Waals surface area contributed by atoms with Crippen molar-refractivity contribution in [3.63, 3.8) is 0 Å². The lowest BCUT2D eigenvalue weighted by atomic mass is 9.99. The number of carbonyl (C=O) groups is 2. The first kappa shape index (κ1) is 18.0. The van der Waals surface area contributed by atoms with Crippen LogP contribution in [0.15, 0.2) is 24.3 Å². The zero-order valence-electron chi connectivity index (χ0n) is 13.8. The molecule has 0 aromatic heterocycles. The van der Waals surface area contributed by atoms with Crippen molar-refractivity contribution < 1.29 is 19.4 Å². The number of ether oxygens (including phenoxy) is 1. The Hall–Kier alpha value is -2.04. The summed E-state index contributed by atoms with van der Waals surface area (Å²) in [6.07, 6.45) is 0.184. The van der Waals surface area contributed by atoms with Crippen LogP contribution in [0.2, 0.25) is 0 Å². The van der Waals surface area contributed by atoms with E-state index in [9.17, 15) is 14.7 Å². The molecular formula is C17H25NO4. The van der Waals surface area contributed by atoms with Gasteiger partial charge in [0.15, 0.2) is 6.04 Å². The van der Waals surface area contributed by atoms with E-state index in [4.69, 9.17) is 4.74 Å². The van der Waals surface area contributed by atoms with E-state index in [1.165, 1.54) is 0 Å². The number of aliphatic carboxylic acids is 1. The van der Waals surface area contributed by atoms with Gasteiger partial charge in [0.2, 0.25) is 0 Å². The number of benzene rings is 1. The fourth-order valence-electron chi connectivity index (χ4n) is 2.03. The van der Waals surface area contributed by atoms with Crippen LogP contribution in [0.3, 0.4) is 0 Å². The van der Waals surface area contributed by atoms with Gasteiger partial charge in [0, 0.05) is 0 Å². The number of carboxylic acids is 1. The summed E-state index contributed by atoms with van der Waals surface area (Å²) < 4.78 is 5.10. The highest BCUT2D eigenvalue weighted by atomic mass is 16.6. The number of carbonyl (C=O) groups excluding carboxylic acids is 1. The molecular weight excluding hydrogens is 282 g/mol. The first-order chi connectivity index (χ1) is 10.1. The van der Waals surface area contributed by atoms with Gasteiger partial charge < -0.3 is 15.2 Å². The van der Waals surface area contributed by atoms with Gasteiger partial charge in [-0.25, -0.2) is 9.59 Å². The molecule has 1 amide bonds. The van der Waals surface area contributed by atoms with E-state index in [2.05, 4.69) is 19.2 Å². The van der Waals surface area contributed by atoms with Gasteiger partial charge >= 0.3 is 12.1 Å². The Labute approximate surface area is 131 Å². The molecule has 1 rings (SSSR count). The van der Waals surface area contributed by atoms with E-state index < -0.39 is 23.7 Å². The molecule has 0 saturated heterocycles. The van der Waals surface area contributed by atoms with E-state index in [-0.39, 0.29) is 0 Å². The standard InChI is InChI=1S/C17H25NO4/c1-11(2)10-12-6-8-13(9-7-12)14(15(19)20)18-16(21)22-17(3,4)5/h6-9,11,14H,10H2,1-5H3,(H,18,21)(H,19,20). The molecule has 0 fully saturated rings. The first-order valence-corrected chi connectivity index (χ1v) is 7.39. The van der Waals surface area contributed by atoms with Crippen LogP contribution in [0.4, 0.5) is 4.79 Å². The van der Waals surface area contributed by atoms with Crippen LogP contribution in [0.5, 0.6) is 0 Å². The lowest BCUT2D eigenvalue weighted by molar-refractivity contribution is -0.139. The zero-order valence-corrected chi connectivity index (χ0v) is 13.8. The number of hydrogen-bond donors (Lipinski definition) is 2. The minimum Gasteiger partial charge on any atom is -0.479 e. The fraction of sp³-hybridized carbons (Fsp3) is 0.529. The summed E-state index contributed by atoms with van der Waals surface area (Å²) in [5, 5.41) is 11.7. The Bertz CT molecular complexity index is 514. The average molecular weight is 307 g/mol. The quantitative estimate of drug-likeness (QED) is 0.872. The molecule has 1 unspecified atom stereocenters. The Morgan fingerprint density at radius 3 is 2.14 bits per heavy atom. The number of amides is 1. The molecule has 1 atom stereocenters. The van der Waals surface area contributed by atoms with Gasteiger partial charge in [-0.1, -0.05) is 38.1 Å². The van der Waals surface area contributed by atoms with Crippen LogP contribution in [-0.2, 0) is 16.0 Å². The maximum absolute atomic E-state index is 11.8. The number of alkyl carbamates (subject to hydrolysis) is 1. The second kappa shape index (κ2) is 7.29. The molecule has 122 valence electrons. The summed E-state index contributed by atoms with van der Waals surface area (Å²) in [5.41, 5.74) is 0.986. The Morgan fingerprint density at radius 1 is 1.18 bits per heavy atom. The molecule has 2 N–H and O–H groups in total. The third-order valence-electron chi connectivity index (χ3n) is 2.87. The van der Waals surface area contributed by atoms with Gasteiger partial charge in [-0.05, 0) is 44.2 Å². The number of carboxylic acid groups (broad SMARTS) is 1. The summed E-state index contributed by atoms with van der Waals surface area (Å²) in [6, 6.07) is 6.12. The molecule has 1 aromatic rings. The Kier molecular flexibility index (Phi) is 5.97. The fourth-order valence-corrected chi connectivity index (χ4v) is 2.03. The molecule has 0 aliphatic rings. The smallest absolute Gasteiger partial charge is 0.408 e. The summed E-state index contributed by atoms with van der Waals surface area (Å²) >= 11 is 0. The first-order valence-electron chi connectivity index (χ1n) is 7.39. The highest BCUT2D eigenvalue weighted by Gasteiger charge is 2.25. The number of rotatable bonds is 5. The maximum atomic E-state index is 11.8. The monoisotopic (exact) mass is 307 g/mol. The molecule has 0 saturated carbocycles. The van der Waals surface area contributed by atoms with Gasteiger partial charge in [0.25, 0.3) is 0 Å². The molecule has 0 heterocycles. The summed E-state index contributed by atoms with van der Waals surface area (Å²) in [7, 11) is 0. The molecule has 0 spiro atoms. The Balaban J connectivity index is 2.83.